The molecule has 0 spiro atoms. The Morgan fingerprint density at radius 2 is 2.15 bits per heavy atom. The maximum atomic E-state index is 12.9. The fourth-order valence-electron chi connectivity index (χ4n) is 3.32. The number of hydrogen-bond donors (Lipinski definition) is 3. The van der Waals surface area contributed by atoms with E-state index in [0.717, 1.165) is 21.9 Å². The molecule has 11 nitrogen and oxygen atoms in total. The second-order valence-corrected chi connectivity index (χ2v) is 9.75. The number of amides is 2. The summed E-state index contributed by atoms with van der Waals surface area (Å²) in [7, 11) is 1.28. The van der Waals surface area contributed by atoms with Crippen molar-refractivity contribution in [2.75, 3.05) is 18.6 Å². The Labute approximate surface area is 228 Å². The van der Waals surface area contributed by atoms with Crippen LogP contribution in [-0.4, -0.2) is 97.3 Å². The summed E-state index contributed by atoms with van der Waals surface area (Å²) in [5.41, 5.74) is 8.68. The smallest absolute Gasteiger partial charge is 0.352 e. The monoisotopic (exact) mass is 529 g/mol. The number of carboxylic acids is 1. The molecule has 1 saturated heterocycles. The summed E-state index contributed by atoms with van der Waals surface area (Å²) in [6.07, 6.45) is 3.49. The minimum absolute atomic E-state index is 0. The van der Waals surface area contributed by atoms with Crippen LogP contribution in [-0.2, 0) is 19.2 Å². The van der Waals surface area contributed by atoms with Crippen molar-refractivity contribution >= 4 is 98.7 Å². The Morgan fingerprint density at radius 3 is 2.74 bits per heavy atom. The molecular weight excluding hydrogens is 511 g/mol. The first-order chi connectivity index (χ1) is 15.8. The molecule has 0 bridgehead atoms. The van der Waals surface area contributed by atoms with E-state index in [9.17, 15) is 19.5 Å². The number of nitrogens with zero attached hydrogens (tertiary/aromatic N) is 4. The number of allylic oxidation sites excluding steroid dienone is 1. The number of hydrogen-bond acceptors (Lipinski definition) is 11. The maximum absolute atomic E-state index is 12.9. The van der Waals surface area contributed by atoms with Gasteiger partial charge >= 0.3 is 5.97 Å². The molecule has 4 rings (SSSR count). The second kappa shape index (κ2) is 11.0. The zero-order valence-electron chi connectivity index (χ0n) is 18.3. The Balaban J connectivity index is 0.00000324. The van der Waals surface area contributed by atoms with Crippen LogP contribution in [0.15, 0.2) is 33.4 Å². The van der Waals surface area contributed by atoms with Gasteiger partial charge in [0, 0.05) is 45.6 Å². The van der Waals surface area contributed by atoms with Crippen molar-refractivity contribution in [1.29, 1.82) is 0 Å². The number of carbonyl (C=O) groups excluding carboxylic acids is 2. The van der Waals surface area contributed by atoms with Gasteiger partial charge in [0.05, 0.1) is 11.2 Å². The molecule has 4 N–H and O–H groups in total. The number of aromatic nitrogens is 2. The first-order valence-corrected chi connectivity index (χ1v) is 12.2. The van der Waals surface area contributed by atoms with Crippen molar-refractivity contribution in [2.45, 2.75) is 18.3 Å². The van der Waals surface area contributed by atoms with Gasteiger partial charge in [-0.05, 0) is 18.6 Å². The van der Waals surface area contributed by atoms with Crippen LogP contribution in [0.25, 0.3) is 6.08 Å². The molecule has 2 aliphatic rings. The number of nitrogens with one attached hydrogen (secondary N) is 1. The first kappa shape index (κ1) is 26.4. The zero-order chi connectivity index (χ0) is 23.7. The van der Waals surface area contributed by atoms with Crippen molar-refractivity contribution in [3.8, 4) is 0 Å². The molecule has 15 heteroatoms. The van der Waals surface area contributed by atoms with Crippen molar-refractivity contribution in [1.82, 2.24) is 20.2 Å². The predicted octanol–water partition coefficient (Wildman–Crippen LogP) is 0.912. The van der Waals surface area contributed by atoms with Gasteiger partial charge < -0.3 is 21.0 Å². The van der Waals surface area contributed by atoms with Gasteiger partial charge in [0.25, 0.3) is 11.8 Å². The molecule has 1 fully saturated rings. The normalized spacial score (nSPS) is 20.0. The van der Waals surface area contributed by atoms with Crippen LogP contribution in [0.2, 0.25) is 0 Å². The molecular formula is C19H18N6NaO5S3. The van der Waals surface area contributed by atoms with Crippen LogP contribution in [0.1, 0.15) is 16.3 Å². The number of thiazole rings is 2. The van der Waals surface area contributed by atoms with Gasteiger partial charge in [-0.3, -0.25) is 14.5 Å². The van der Waals surface area contributed by atoms with E-state index >= 15 is 0 Å². The Kier molecular flexibility index (Phi) is 8.54. The molecule has 2 aromatic heterocycles. The van der Waals surface area contributed by atoms with Crippen molar-refractivity contribution in [2.24, 2.45) is 5.16 Å². The summed E-state index contributed by atoms with van der Waals surface area (Å²) < 4.78 is 0. The fraction of sp³-hybridized carbons (Fsp3) is 0.263. The minimum Gasteiger partial charge on any atom is -0.477 e. The van der Waals surface area contributed by atoms with Gasteiger partial charge in [-0.25, -0.2) is 14.8 Å². The van der Waals surface area contributed by atoms with E-state index in [-0.39, 0.29) is 51.8 Å². The fourth-order valence-corrected chi connectivity index (χ4v) is 5.88. The number of carbonyl (C=O) groups is 3. The summed E-state index contributed by atoms with van der Waals surface area (Å²) >= 11 is 3.94. The quantitative estimate of drug-likeness (QED) is 0.205. The molecule has 2 amide bonds. The summed E-state index contributed by atoms with van der Waals surface area (Å²) in [6.45, 7) is 1.86. The minimum atomic E-state index is -1.21. The van der Waals surface area contributed by atoms with Crippen LogP contribution in [0.3, 0.4) is 0 Å². The van der Waals surface area contributed by atoms with Gasteiger partial charge in [0.1, 0.15) is 29.9 Å². The van der Waals surface area contributed by atoms with Gasteiger partial charge in [0.2, 0.25) is 0 Å². The number of β-lactam (4-membered cyclic amide) rings is 1. The number of nitrogen functional groups attached to an aromatic ring is 1. The van der Waals surface area contributed by atoms with E-state index in [0.29, 0.717) is 11.3 Å². The van der Waals surface area contributed by atoms with Crippen LogP contribution in [0.5, 0.6) is 0 Å². The Morgan fingerprint density at radius 1 is 1.38 bits per heavy atom. The molecule has 0 aliphatic carbocycles. The van der Waals surface area contributed by atoms with Crippen molar-refractivity contribution in [3.63, 3.8) is 0 Å². The van der Waals surface area contributed by atoms with Gasteiger partial charge in [0.15, 0.2) is 10.8 Å². The SMILES string of the molecule is CON=C(C(=O)NC1C(=O)N2C(C(=O)O)=C(C=Cc3scnc3C)CSC12)c1csc(N)n1.[Na]. The third kappa shape index (κ3) is 5.06. The van der Waals surface area contributed by atoms with E-state index in [1.165, 1.54) is 35.1 Å². The molecule has 2 atom stereocenters. The molecule has 2 aliphatic heterocycles. The topological polar surface area (TPSA) is 160 Å². The molecule has 1 radical (unpaired) electrons. The van der Waals surface area contributed by atoms with Crippen molar-refractivity contribution in [3.05, 3.63) is 44.5 Å². The summed E-state index contributed by atoms with van der Waals surface area (Å²) in [6, 6.07) is -0.913. The number of thioether (sulfide) groups is 1. The van der Waals surface area contributed by atoms with Crippen molar-refractivity contribution < 1.29 is 24.3 Å². The van der Waals surface area contributed by atoms with Gasteiger partial charge in [-0.1, -0.05) is 11.2 Å². The van der Waals surface area contributed by atoms with E-state index in [2.05, 4.69) is 20.4 Å². The molecule has 2 unspecified atom stereocenters. The summed E-state index contributed by atoms with van der Waals surface area (Å²) in [5, 5.41) is 17.4. The largest absolute Gasteiger partial charge is 0.477 e. The Bertz CT molecular complexity index is 1220. The molecule has 4 heterocycles. The van der Waals surface area contributed by atoms with E-state index in [1.807, 2.05) is 6.92 Å². The first-order valence-electron chi connectivity index (χ1n) is 9.44. The molecule has 0 aromatic carbocycles. The van der Waals surface area contributed by atoms with Crippen LogP contribution in [0, 0.1) is 6.92 Å². The van der Waals surface area contributed by atoms with E-state index < -0.39 is 29.2 Å². The predicted molar refractivity (Wildman–Crippen MR) is 131 cm³/mol. The van der Waals surface area contributed by atoms with Crippen LogP contribution >= 0.6 is 34.4 Å². The average Bonchev–Trinajstić information content (AvgIpc) is 3.40. The molecule has 34 heavy (non-hydrogen) atoms. The summed E-state index contributed by atoms with van der Waals surface area (Å²) in [4.78, 5) is 52.7. The van der Waals surface area contributed by atoms with E-state index in [1.54, 1.807) is 23.0 Å². The number of aliphatic carboxylic acids is 1. The van der Waals surface area contributed by atoms with Crippen LogP contribution < -0.4 is 11.1 Å². The standard InChI is InChI=1S/C19H18N6O5S3.Na/c1-8-11(33-7-21-8)4-3-9-5-31-17-13(16(27)25(17)14(9)18(28)29)23-15(26)12(24-30-2)10-6-32-19(20)22-10;/h3-4,6-7,13,17H,5H2,1-2H3,(H2,20,22)(H,23,26)(H,28,29);. The third-order valence-electron chi connectivity index (χ3n) is 4.87. The molecule has 2 aromatic rings. The van der Waals surface area contributed by atoms with E-state index in [4.69, 9.17) is 10.6 Å². The Hall–Kier alpha value is -2.23. The zero-order valence-corrected chi connectivity index (χ0v) is 22.8. The van der Waals surface area contributed by atoms with Gasteiger partial charge in [-0.2, -0.15) is 0 Å². The second-order valence-electron chi connectivity index (χ2n) is 6.87. The average molecular weight is 530 g/mol. The number of carboxylic acid groups (broad SMARTS) is 1. The van der Waals surface area contributed by atoms with Gasteiger partial charge in [-0.15, -0.1) is 34.4 Å². The number of oxime groups is 1. The number of anilines is 1. The number of nitrogens with two attached hydrogens (primary N) is 1. The number of aryl methyl sites for hydroxylation is 1. The number of fused-ring (bicyclic) bond motifs is 1. The molecule has 0 saturated carbocycles. The maximum Gasteiger partial charge on any atom is 0.352 e. The number of rotatable bonds is 7. The summed E-state index contributed by atoms with van der Waals surface area (Å²) in [5.74, 6) is -2.04. The molecule has 173 valence electrons. The van der Waals surface area contributed by atoms with Crippen LogP contribution in [0.4, 0.5) is 5.13 Å². The third-order valence-corrected chi connectivity index (χ3v) is 7.74.